The summed E-state index contributed by atoms with van der Waals surface area (Å²) in [6.45, 7) is 0. The van der Waals surface area contributed by atoms with Gasteiger partial charge in [-0.15, -0.1) is 0 Å². The van der Waals surface area contributed by atoms with Crippen LogP contribution in [0.4, 0.5) is 13.2 Å². The van der Waals surface area contributed by atoms with Crippen LogP contribution in [0.2, 0.25) is 0 Å². The zero-order chi connectivity index (χ0) is 14.1. The summed E-state index contributed by atoms with van der Waals surface area (Å²) in [5.41, 5.74) is -5.65. The molecule has 0 unspecified atom stereocenters. The van der Waals surface area contributed by atoms with E-state index in [1.807, 2.05) is 60.7 Å². The molecule has 0 saturated heterocycles. The summed E-state index contributed by atoms with van der Waals surface area (Å²) in [5.74, 6) is 0. The van der Waals surface area contributed by atoms with E-state index in [4.69, 9.17) is 13.0 Å². The smallest absolute Gasteiger partial charge is 0.741 e. The average molecular weight is 335 g/mol. The minimum Gasteiger partial charge on any atom is -0.741 e. The second-order valence-corrected chi connectivity index (χ2v) is 4.20. The molecule has 0 saturated carbocycles. The summed E-state index contributed by atoms with van der Waals surface area (Å²) < 4.78 is 58.9. The molecule has 2 aromatic carbocycles. The Hall–Kier alpha value is -1.08. The fraction of sp³-hybridized carbons (Fsp3) is 0.0909. The van der Waals surface area contributed by atoms with Gasteiger partial charge in [0.15, 0.2) is 10.1 Å². The van der Waals surface area contributed by atoms with Crippen LogP contribution in [0.3, 0.4) is 0 Å². The van der Waals surface area contributed by atoms with E-state index in [2.05, 4.69) is 0 Å². The second kappa shape index (κ2) is 9.80. The van der Waals surface area contributed by atoms with E-state index in [1.165, 1.54) is 0 Å². The summed E-state index contributed by atoms with van der Waals surface area (Å²) in [5, 5.41) is 0. The molecule has 0 N–H and O–H groups in total. The van der Waals surface area contributed by atoms with Gasteiger partial charge in [0.25, 0.3) is 0 Å². The number of hydrogen-bond acceptors (Lipinski definition) is 3. The Morgan fingerprint density at radius 2 is 1.05 bits per heavy atom. The number of rotatable bonds is 0. The van der Waals surface area contributed by atoms with E-state index >= 15 is 0 Å². The number of alkyl halides is 3. The van der Waals surface area contributed by atoms with E-state index in [-0.39, 0.29) is 17.1 Å². The summed E-state index contributed by atoms with van der Waals surface area (Å²) >= 11 is 0. The summed E-state index contributed by atoms with van der Waals surface area (Å²) in [4.78, 5) is 0. The zero-order valence-electron chi connectivity index (χ0n) is 9.39. The van der Waals surface area contributed by atoms with Gasteiger partial charge in [-0.2, -0.15) is 49.6 Å². The molecule has 2 rings (SSSR count). The third-order valence-corrected chi connectivity index (χ3v) is 1.96. The van der Waals surface area contributed by atoms with Gasteiger partial charge < -0.3 is 4.55 Å². The Morgan fingerprint density at radius 1 is 0.842 bits per heavy atom. The van der Waals surface area contributed by atoms with E-state index in [1.54, 1.807) is 0 Å². The van der Waals surface area contributed by atoms with Gasteiger partial charge in [0.05, 0.1) is 0 Å². The maximum Gasteiger partial charge on any atom is 3.00 e. The predicted octanol–water partition coefficient (Wildman–Crippen LogP) is 2.86. The van der Waals surface area contributed by atoms with Gasteiger partial charge in [-0.25, -0.2) is 32.7 Å². The van der Waals surface area contributed by atoms with E-state index in [0.717, 1.165) is 0 Å². The molecule has 0 bridgehead atoms. The summed E-state index contributed by atoms with van der Waals surface area (Å²) in [6, 6.07) is 20.0. The maximum atomic E-state index is 10.7. The Morgan fingerprint density at radius 3 is 1.11 bits per heavy atom. The van der Waals surface area contributed by atoms with Crippen molar-refractivity contribution in [3.8, 4) is 0 Å². The van der Waals surface area contributed by atoms with Gasteiger partial charge in [-0.3, -0.25) is 0 Å². The molecule has 0 atom stereocenters. The van der Waals surface area contributed by atoms with E-state index in [0.29, 0.717) is 0 Å². The summed E-state index contributed by atoms with van der Waals surface area (Å²) in [6.07, 6.45) is 0. The van der Waals surface area contributed by atoms with Crippen LogP contribution in [0.15, 0.2) is 60.7 Å². The molecule has 0 aromatic heterocycles. The van der Waals surface area contributed by atoms with Crippen molar-refractivity contribution in [1.29, 1.82) is 0 Å². The van der Waals surface area contributed by atoms with Gasteiger partial charge >= 0.3 is 22.6 Å². The van der Waals surface area contributed by atoms with Crippen molar-refractivity contribution in [3.05, 3.63) is 60.7 Å². The SMILES string of the molecule is O=S(=O)([O-])C(F)(F)F.[Fe+3].c1cc[cH-]c1.c1cc[cH-]c1. The Labute approximate surface area is 120 Å². The average Bonchev–Trinajstić information content (AvgIpc) is 2.95. The first-order valence-corrected chi connectivity index (χ1v) is 6.01. The Bertz CT molecular complexity index is 415. The molecule has 107 valence electrons. The predicted molar refractivity (Wildman–Crippen MR) is 59.8 cm³/mol. The van der Waals surface area contributed by atoms with Crippen molar-refractivity contribution in [2.24, 2.45) is 0 Å². The molecule has 8 heteroatoms. The number of hydrogen-bond donors (Lipinski definition) is 0. The molecule has 3 nitrogen and oxygen atoms in total. The van der Waals surface area contributed by atoms with Crippen molar-refractivity contribution < 1.29 is 43.2 Å². The molecule has 0 heterocycles. The second-order valence-electron chi connectivity index (χ2n) is 2.82. The van der Waals surface area contributed by atoms with Crippen LogP contribution in [-0.4, -0.2) is 18.5 Å². The van der Waals surface area contributed by atoms with Crippen molar-refractivity contribution in [1.82, 2.24) is 0 Å². The quantitative estimate of drug-likeness (QED) is 0.322. The first-order valence-electron chi connectivity index (χ1n) is 4.60. The third-order valence-electron chi connectivity index (χ3n) is 1.39. The monoisotopic (exact) mass is 335 g/mol. The Balaban J connectivity index is 0. The number of halogens is 3. The standard InChI is InChI=1S/2C5H5.CHF3O3S.Fe/c2*1-2-4-5-3-1;2-1(3,4)8(5,6)7;/h2*1-5H;(H,5,6,7);/q2*-1;;+3/p-1. The van der Waals surface area contributed by atoms with Gasteiger partial charge in [0.1, 0.15) is 0 Å². The van der Waals surface area contributed by atoms with Crippen LogP contribution in [-0.2, 0) is 27.2 Å². The van der Waals surface area contributed by atoms with Crippen LogP contribution in [0, 0.1) is 0 Å². The van der Waals surface area contributed by atoms with Crippen LogP contribution < -0.4 is 0 Å². The first kappa shape index (κ1) is 20.2. The van der Waals surface area contributed by atoms with Gasteiger partial charge in [0, 0.05) is 0 Å². The molecular formula is C11H10F3FeO3S. The molecule has 0 amide bonds. The molecule has 0 spiro atoms. The zero-order valence-corrected chi connectivity index (χ0v) is 11.3. The minimum atomic E-state index is -6.09. The largest absolute Gasteiger partial charge is 3.00 e. The van der Waals surface area contributed by atoms with Crippen LogP contribution in [0.1, 0.15) is 0 Å². The third kappa shape index (κ3) is 11.7. The normalized spacial score (nSPS) is 10.1. The topological polar surface area (TPSA) is 57.2 Å². The molecule has 0 aliphatic carbocycles. The summed E-state index contributed by atoms with van der Waals surface area (Å²) in [7, 11) is -6.09. The van der Waals surface area contributed by atoms with Gasteiger partial charge in [-0.1, -0.05) is 0 Å². The molecule has 19 heavy (non-hydrogen) atoms. The van der Waals surface area contributed by atoms with Gasteiger partial charge in [-0.05, 0) is 0 Å². The van der Waals surface area contributed by atoms with E-state index < -0.39 is 15.6 Å². The molecule has 0 aliphatic heterocycles. The fourth-order valence-corrected chi connectivity index (χ4v) is 0.642. The minimum absolute atomic E-state index is 0. The molecule has 1 radical (unpaired) electrons. The molecule has 2 aromatic rings. The van der Waals surface area contributed by atoms with Crippen molar-refractivity contribution in [3.63, 3.8) is 0 Å². The van der Waals surface area contributed by atoms with Crippen LogP contribution in [0.25, 0.3) is 0 Å². The van der Waals surface area contributed by atoms with E-state index in [9.17, 15) is 13.2 Å². The van der Waals surface area contributed by atoms with Crippen LogP contribution in [0.5, 0.6) is 0 Å². The van der Waals surface area contributed by atoms with Crippen molar-refractivity contribution >= 4 is 10.1 Å². The Kier molecular flexibility index (Phi) is 10.4. The van der Waals surface area contributed by atoms with Crippen molar-refractivity contribution in [2.45, 2.75) is 5.51 Å². The first-order chi connectivity index (χ1) is 8.25. The molecular weight excluding hydrogens is 325 g/mol. The van der Waals surface area contributed by atoms with Gasteiger partial charge in [0.2, 0.25) is 0 Å². The fourth-order valence-electron chi connectivity index (χ4n) is 0.642. The van der Waals surface area contributed by atoms with Crippen LogP contribution >= 0.6 is 0 Å². The van der Waals surface area contributed by atoms with Crippen molar-refractivity contribution in [2.75, 3.05) is 0 Å². The maximum absolute atomic E-state index is 10.7. The molecule has 0 aliphatic rings. The molecule has 0 fully saturated rings.